The molecular weight excluding hydrogens is 198 g/mol. The second-order valence-electron chi connectivity index (χ2n) is 4.61. The Morgan fingerprint density at radius 1 is 1.40 bits per heavy atom. The van der Waals surface area contributed by atoms with Gasteiger partial charge >= 0.3 is 5.97 Å². The molecule has 5 nitrogen and oxygen atoms in total. The van der Waals surface area contributed by atoms with Crippen molar-refractivity contribution in [3.8, 4) is 0 Å². The Hall–Kier alpha value is -0.650. The van der Waals surface area contributed by atoms with Crippen LogP contribution in [0.15, 0.2) is 0 Å². The molecule has 0 aromatic carbocycles. The van der Waals surface area contributed by atoms with Crippen LogP contribution < -0.4 is 5.73 Å². The Morgan fingerprint density at radius 3 is 2.40 bits per heavy atom. The summed E-state index contributed by atoms with van der Waals surface area (Å²) >= 11 is 0. The summed E-state index contributed by atoms with van der Waals surface area (Å²) in [5, 5.41) is 8.97. The highest BCUT2D eigenvalue weighted by Gasteiger charge is 2.49. The molecule has 1 aliphatic carbocycles. The van der Waals surface area contributed by atoms with Crippen molar-refractivity contribution in [3.63, 3.8) is 0 Å². The van der Waals surface area contributed by atoms with Gasteiger partial charge in [-0.2, -0.15) is 0 Å². The first-order chi connectivity index (χ1) is 6.96. The average Bonchev–Trinajstić information content (AvgIpc) is 2.54. The third-order valence-electron chi connectivity index (χ3n) is 3.33. The third kappa shape index (κ3) is 1.87. The minimum Gasteiger partial charge on any atom is -0.480 e. The average molecular weight is 215 g/mol. The van der Waals surface area contributed by atoms with Gasteiger partial charge in [0.15, 0.2) is 5.79 Å². The van der Waals surface area contributed by atoms with Gasteiger partial charge in [-0.25, -0.2) is 0 Å². The van der Waals surface area contributed by atoms with E-state index in [1.165, 1.54) is 0 Å². The van der Waals surface area contributed by atoms with E-state index in [4.69, 9.17) is 20.3 Å². The van der Waals surface area contributed by atoms with Crippen LogP contribution in [-0.2, 0) is 14.3 Å². The van der Waals surface area contributed by atoms with E-state index in [2.05, 4.69) is 0 Å². The molecule has 86 valence electrons. The quantitative estimate of drug-likeness (QED) is 0.664. The van der Waals surface area contributed by atoms with Crippen LogP contribution in [0.5, 0.6) is 0 Å². The summed E-state index contributed by atoms with van der Waals surface area (Å²) in [4.78, 5) is 10.9. The summed E-state index contributed by atoms with van der Waals surface area (Å²) in [6, 6.07) is 0. The molecule has 3 N–H and O–H groups in total. The largest absolute Gasteiger partial charge is 0.480 e. The number of rotatable bonds is 1. The Morgan fingerprint density at radius 2 is 2.00 bits per heavy atom. The van der Waals surface area contributed by atoms with E-state index in [0.717, 1.165) is 0 Å². The van der Waals surface area contributed by atoms with E-state index in [0.29, 0.717) is 32.3 Å². The SMILES string of the molecule is CC1COC2(CCC(N)(C(=O)O)CC2)O1. The molecule has 1 spiro atoms. The molecule has 5 heteroatoms. The van der Waals surface area contributed by atoms with Crippen molar-refractivity contribution in [1.29, 1.82) is 0 Å². The molecule has 0 radical (unpaired) electrons. The zero-order valence-corrected chi connectivity index (χ0v) is 8.86. The smallest absolute Gasteiger partial charge is 0.323 e. The van der Waals surface area contributed by atoms with Crippen LogP contribution in [0.3, 0.4) is 0 Å². The second-order valence-corrected chi connectivity index (χ2v) is 4.61. The lowest BCUT2D eigenvalue weighted by atomic mass is 9.79. The highest BCUT2D eigenvalue weighted by Crippen LogP contribution is 2.40. The lowest BCUT2D eigenvalue weighted by Gasteiger charge is -2.39. The molecule has 1 unspecified atom stereocenters. The van der Waals surface area contributed by atoms with Crippen LogP contribution in [0.25, 0.3) is 0 Å². The van der Waals surface area contributed by atoms with Gasteiger partial charge in [-0.05, 0) is 19.8 Å². The standard InChI is InChI=1S/C10H17NO4/c1-7-6-14-10(15-7)4-2-9(11,3-5-10)8(12)13/h7H,2-6,11H2,1H3,(H,12,13). The summed E-state index contributed by atoms with van der Waals surface area (Å²) in [5.74, 6) is -1.49. The van der Waals surface area contributed by atoms with Crippen molar-refractivity contribution < 1.29 is 19.4 Å². The van der Waals surface area contributed by atoms with Crippen molar-refractivity contribution in [2.24, 2.45) is 5.73 Å². The number of hydrogen-bond acceptors (Lipinski definition) is 4. The number of aliphatic carboxylic acids is 1. The fourth-order valence-electron chi connectivity index (χ4n) is 2.26. The molecule has 0 amide bonds. The van der Waals surface area contributed by atoms with Crippen molar-refractivity contribution in [2.45, 2.75) is 50.0 Å². The fraction of sp³-hybridized carbons (Fsp3) is 0.900. The monoisotopic (exact) mass is 215 g/mol. The van der Waals surface area contributed by atoms with E-state index in [9.17, 15) is 4.79 Å². The van der Waals surface area contributed by atoms with E-state index in [-0.39, 0.29) is 6.10 Å². The number of carboxylic acids is 1. The van der Waals surface area contributed by atoms with Crippen LogP contribution >= 0.6 is 0 Å². The predicted molar refractivity (Wildman–Crippen MR) is 52.3 cm³/mol. The van der Waals surface area contributed by atoms with E-state index in [1.54, 1.807) is 0 Å². The van der Waals surface area contributed by atoms with Gasteiger partial charge < -0.3 is 20.3 Å². The minimum atomic E-state index is -1.09. The number of nitrogens with two attached hydrogens (primary N) is 1. The highest BCUT2D eigenvalue weighted by atomic mass is 16.7. The zero-order valence-electron chi connectivity index (χ0n) is 8.86. The molecule has 1 heterocycles. The third-order valence-corrected chi connectivity index (χ3v) is 3.33. The summed E-state index contributed by atoms with van der Waals surface area (Å²) in [7, 11) is 0. The Kier molecular flexibility index (Phi) is 2.48. The summed E-state index contributed by atoms with van der Waals surface area (Å²) < 4.78 is 11.3. The highest BCUT2D eigenvalue weighted by molar-refractivity contribution is 5.78. The maximum Gasteiger partial charge on any atom is 0.323 e. The Bertz CT molecular complexity index is 271. The summed E-state index contributed by atoms with van der Waals surface area (Å²) in [6.07, 6.45) is 2.06. The van der Waals surface area contributed by atoms with Gasteiger partial charge in [-0.1, -0.05) is 0 Å². The zero-order chi connectivity index (χ0) is 11.1. The first-order valence-corrected chi connectivity index (χ1v) is 5.30. The van der Waals surface area contributed by atoms with Crippen LogP contribution in [0.4, 0.5) is 0 Å². The Balaban J connectivity index is 2.00. The van der Waals surface area contributed by atoms with Crippen molar-refractivity contribution in [1.82, 2.24) is 0 Å². The Labute approximate surface area is 88.5 Å². The maximum absolute atomic E-state index is 10.9. The van der Waals surface area contributed by atoms with Gasteiger partial charge in [0.2, 0.25) is 0 Å². The molecule has 1 aliphatic heterocycles. The number of hydrogen-bond donors (Lipinski definition) is 2. The molecule has 2 aliphatic rings. The van der Waals surface area contributed by atoms with Crippen LogP contribution in [-0.4, -0.2) is 35.1 Å². The first-order valence-electron chi connectivity index (χ1n) is 5.30. The van der Waals surface area contributed by atoms with Gasteiger partial charge in [0, 0.05) is 12.8 Å². The van der Waals surface area contributed by atoms with E-state index in [1.807, 2.05) is 6.92 Å². The topological polar surface area (TPSA) is 81.8 Å². The molecule has 1 saturated heterocycles. The van der Waals surface area contributed by atoms with Crippen molar-refractivity contribution in [3.05, 3.63) is 0 Å². The molecular formula is C10H17NO4. The normalized spacial score (nSPS) is 45.9. The molecule has 2 fully saturated rings. The molecule has 2 rings (SSSR count). The maximum atomic E-state index is 10.9. The summed E-state index contributed by atoms with van der Waals surface area (Å²) in [6.45, 7) is 2.54. The lowest BCUT2D eigenvalue weighted by Crippen LogP contribution is -2.54. The van der Waals surface area contributed by atoms with Gasteiger partial charge in [0.25, 0.3) is 0 Å². The molecule has 0 bridgehead atoms. The second kappa shape index (κ2) is 3.43. The number of ether oxygens (including phenoxy) is 2. The van der Waals surface area contributed by atoms with Crippen LogP contribution in [0, 0.1) is 0 Å². The molecule has 1 saturated carbocycles. The minimum absolute atomic E-state index is 0.0973. The van der Waals surface area contributed by atoms with Gasteiger partial charge in [0.05, 0.1) is 12.7 Å². The number of carbonyl (C=O) groups is 1. The van der Waals surface area contributed by atoms with Crippen molar-refractivity contribution >= 4 is 5.97 Å². The molecule has 0 aromatic heterocycles. The van der Waals surface area contributed by atoms with Gasteiger partial charge in [0.1, 0.15) is 5.54 Å². The van der Waals surface area contributed by atoms with Gasteiger partial charge in [-0.3, -0.25) is 4.79 Å². The van der Waals surface area contributed by atoms with Gasteiger partial charge in [-0.15, -0.1) is 0 Å². The van der Waals surface area contributed by atoms with E-state index < -0.39 is 17.3 Å². The molecule has 0 aromatic rings. The molecule has 1 atom stereocenters. The fourth-order valence-corrected chi connectivity index (χ4v) is 2.26. The van der Waals surface area contributed by atoms with Crippen molar-refractivity contribution in [2.75, 3.05) is 6.61 Å². The van der Waals surface area contributed by atoms with Crippen LogP contribution in [0.1, 0.15) is 32.6 Å². The predicted octanol–water partition coefficient (Wildman–Crippen LogP) is 0.474. The lowest BCUT2D eigenvalue weighted by molar-refractivity contribution is -0.195. The summed E-state index contributed by atoms with van der Waals surface area (Å²) in [5.41, 5.74) is 4.68. The van der Waals surface area contributed by atoms with Crippen LogP contribution in [0.2, 0.25) is 0 Å². The first kappa shape index (κ1) is 10.9. The molecule has 15 heavy (non-hydrogen) atoms. The number of carboxylic acid groups (broad SMARTS) is 1. The van der Waals surface area contributed by atoms with E-state index >= 15 is 0 Å².